The van der Waals surface area contributed by atoms with E-state index in [1.807, 2.05) is 29.2 Å². The number of carbonyl (C=O) groups excluding carboxylic acids is 1. The molecule has 0 radical (unpaired) electrons. The quantitative estimate of drug-likeness (QED) is 0.840. The van der Waals surface area contributed by atoms with Crippen LogP contribution in [-0.4, -0.2) is 23.0 Å². The van der Waals surface area contributed by atoms with Gasteiger partial charge in [-0.05, 0) is 44.2 Å². The van der Waals surface area contributed by atoms with Crippen LogP contribution in [0.15, 0.2) is 24.3 Å². The number of hydrogen-bond acceptors (Lipinski definition) is 1. The summed E-state index contributed by atoms with van der Waals surface area (Å²) in [4.78, 5) is 14.8. The highest BCUT2D eigenvalue weighted by Crippen LogP contribution is 2.36. The number of carbonyl (C=O) groups is 1. The van der Waals surface area contributed by atoms with Crippen molar-refractivity contribution in [3.05, 3.63) is 34.9 Å². The molecule has 4 heteroatoms. The Bertz CT molecular complexity index is 524. The first-order valence-electron chi connectivity index (χ1n) is 8.50. The van der Waals surface area contributed by atoms with Crippen LogP contribution in [0.4, 0.5) is 4.79 Å². The van der Waals surface area contributed by atoms with E-state index < -0.39 is 0 Å². The Morgan fingerprint density at radius 2 is 1.86 bits per heavy atom. The minimum Gasteiger partial charge on any atom is -0.335 e. The fraction of sp³-hybridized carbons (Fsp3) is 0.611. The molecule has 0 heterocycles. The SMILES string of the molecule is CC(c1ccccc1Cl)N(C(=O)NC1CCCCC1)C1CC1. The molecule has 0 bridgehead atoms. The van der Waals surface area contributed by atoms with Gasteiger partial charge in [0.1, 0.15) is 0 Å². The van der Waals surface area contributed by atoms with Crippen molar-refractivity contribution in [2.45, 2.75) is 70.0 Å². The fourth-order valence-corrected chi connectivity index (χ4v) is 3.76. The molecule has 2 aliphatic rings. The van der Waals surface area contributed by atoms with Gasteiger partial charge in [-0.3, -0.25) is 0 Å². The number of urea groups is 1. The third-order valence-electron chi connectivity index (χ3n) is 4.88. The minimum absolute atomic E-state index is 0.0183. The Labute approximate surface area is 138 Å². The summed E-state index contributed by atoms with van der Waals surface area (Å²) in [5.74, 6) is 0. The van der Waals surface area contributed by atoms with Gasteiger partial charge in [0.05, 0.1) is 6.04 Å². The van der Waals surface area contributed by atoms with E-state index in [9.17, 15) is 4.79 Å². The van der Waals surface area contributed by atoms with Crippen molar-refractivity contribution in [1.29, 1.82) is 0 Å². The van der Waals surface area contributed by atoms with Crippen molar-refractivity contribution in [2.75, 3.05) is 0 Å². The van der Waals surface area contributed by atoms with Gasteiger partial charge in [-0.1, -0.05) is 49.1 Å². The predicted octanol–water partition coefficient (Wildman–Crippen LogP) is 4.91. The molecule has 0 saturated heterocycles. The van der Waals surface area contributed by atoms with Gasteiger partial charge in [0, 0.05) is 17.1 Å². The number of hydrogen-bond donors (Lipinski definition) is 1. The molecule has 120 valence electrons. The van der Waals surface area contributed by atoms with Crippen molar-refractivity contribution >= 4 is 17.6 Å². The lowest BCUT2D eigenvalue weighted by atomic mass is 9.95. The van der Waals surface area contributed by atoms with E-state index in [0.29, 0.717) is 12.1 Å². The van der Waals surface area contributed by atoms with E-state index in [4.69, 9.17) is 11.6 Å². The van der Waals surface area contributed by atoms with Crippen molar-refractivity contribution < 1.29 is 4.79 Å². The van der Waals surface area contributed by atoms with Gasteiger partial charge >= 0.3 is 6.03 Å². The lowest BCUT2D eigenvalue weighted by Gasteiger charge is -2.33. The van der Waals surface area contributed by atoms with Gasteiger partial charge in [-0.15, -0.1) is 0 Å². The Balaban J connectivity index is 1.71. The van der Waals surface area contributed by atoms with E-state index in [-0.39, 0.29) is 12.1 Å². The summed E-state index contributed by atoms with van der Waals surface area (Å²) in [6.45, 7) is 2.08. The van der Waals surface area contributed by atoms with Crippen LogP contribution in [0.3, 0.4) is 0 Å². The van der Waals surface area contributed by atoms with Gasteiger partial charge in [-0.25, -0.2) is 4.79 Å². The van der Waals surface area contributed by atoms with Crippen LogP contribution < -0.4 is 5.32 Å². The molecule has 0 spiro atoms. The summed E-state index contributed by atoms with van der Waals surface area (Å²) in [5.41, 5.74) is 1.04. The highest BCUT2D eigenvalue weighted by molar-refractivity contribution is 6.31. The standard InChI is InChI=1S/C18H25ClN2O/c1-13(16-9-5-6-10-17(16)19)21(15-11-12-15)18(22)20-14-7-3-2-4-8-14/h5-6,9-10,13-15H,2-4,7-8,11-12H2,1H3,(H,20,22). The first kappa shape index (κ1) is 15.7. The van der Waals surface area contributed by atoms with E-state index >= 15 is 0 Å². The highest BCUT2D eigenvalue weighted by atomic mass is 35.5. The van der Waals surface area contributed by atoms with Crippen molar-refractivity contribution in [2.24, 2.45) is 0 Å². The molecule has 1 N–H and O–H groups in total. The van der Waals surface area contributed by atoms with E-state index in [0.717, 1.165) is 36.3 Å². The third-order valence-corrected chi connectivity index (χ3v) is 5.22. The Morgan fingerprint density at radius 3 is 2.50 bits per heavy atom. The summed E-state index contributed by atoms with van der Waals surface area (Å²) < 4.78 is 0. The number of nitrogens with zero attached hydrogens (tertiary/aromatic N) is 1. The Morgan fingerprint density at radius 1 is 1.18 bits per heavy atom. The van der Waals surface area contributed by atoms with Crippen LogP contribution in [-0.2, 0) is 0 Å². The molecule has 1 aromatic rings. The molecule has 2 amide bonds. The zero-order chi connectivity index (χ0) is 15.5. The monoisotopic (exact) mass is 320 g/mol. The van der Waals surface area contributed by atoms with E-state index in [1.165, 1.54) is 19.3 Å². The Kier molecular flexibility index (Phi) is 4.92. The molecular formula is C18H25ClN2O. The molecule has 0 aromatic heterocycles. The zero-order valence-corrected chi connectivity index (χ0v) is 14.0. The molecule has 22 heavy (non-hydrogen) atoms. The maximum atomic E-state index is 12.8. The first-order chi connectivity index (χ1) is 10.7. The molecule has 2 aliphatic carbocycles. The lowest BCUT2D eigenvalue weighted by Crippen LogP contribution is -2.47. The van der Waals surface area contributed by atoms with Gasteiger partial charge in [0.15, 0.2) is 0 Å². The molecule has 1 atom stereocenters. The van der Waals surface area contributed by atoms with Crippen LogP contribution in [0.2, 0.25) is 5.02 Å². The molecule has 0 aliphatic heterocycles. The van der Waals surface area contributed by atoms with Gasteiger partial charge in [0.2, 0.25) is 0 Å². The van der Waals surface area contributed by atoms with Crippen LogP contribution in [0.25, 0.3) is 0 Å². The second kappa shape index (κ2) is 6.91. The first-order valence-corrected chi connectivity index (χ1v) is 8.88. The summed E-state index contributed by atoms with van der Waals surface area (Å²) in [6.07, 6.45) is 8.20. The number of benzene rings is 1. The summed E-state index contributed by atoms with van der Waals surface area (Å²) in [5, 5.41) is 4.00. The predicted molar refractivity (Wildman–Crippen MR) is 90.1 cm³/mol. The highest BCUT2D eigenvalue weighted by Gasteiger charge is 2.37. The van der Waals surface area contributed by atoms with Crippen LogP contribution in [0.1, 0.15) is 63.5 Å². The van der Waals surface area contributed by atoms with Crippen molar-refractivity contribution in [1.82, 2.24) is 10.2 Å². The number of amides is 2. The smallest absolute Gasteiger partial charge is 0.318 e. The van der Waals surface area contributed by atoms with Gasteiger partial charge in [0.25, 0.3) is 0 Å². The van der Waals surface area contributed by atoms with Crippen LogP contribution in [0.5, 0.6) is 0 Å². The second-order valence-electron chi connectivity index (χ2n) is 6.62. The molecule has 2 fully saturated rings. The van der Waals surface area contributed by atoms with Gasteiger partial charge < -0.3 is 10.2 Å². The van der Waals surface area contributed by atoms with Gasteiger partial charge in [-0.2, -0.15) is 0 Å². The largest absolute Gasteiger partial charge is 0.335 e. The topological polar surface area (TPSA) is 32.3 Å². The summed E-state index contributed by atoms with van der Waals surface area (Å²) in [7, 11) is 0. The van der Waals surface area contributed by atoms with Crippen LogP contribution >= 0.6 is 11.6 Å². The van der Waals surface area contributed by atoms with E-state index in [2.05, 4.69) is 12.2 Å². The minimum atomic E-state index is 0.0183. The molecule has 3 rings (SSSR count). The molecule has 3 nitrogen and oxygen atoms in total. The average Bonchev–Trinajstić information content (AvgIpc) is 3.33. The molecule has 2 saturated carbocycles. The molecular weight excluding hydrogens is 296 g/mol. The number of halogens is 1. The molecule has 1 aromatic carbocycles. The fourth-order valence-electron chi connectivity index (χ4n) is 3.47. The number of nitrogens with one attached hydrogen (secondary N) is 1. The zero-order valence-electron chi connectivity index (χ0n) is 13.2. The lowest BCUT2D eigenvalue weighted by molar-refractivity contribution is 0.168. The van der Waals surface area contributed by atoms with E-state index in [1.54, 1.807) is 0 Å². The van der Waals surface area contributed by atoms with Crippen molar-refractivity contribution in [3.63, 3.8) is 0 Å². The third kappa shape index (κ3) is 3.57. The summed E-state index contributed by atoms with van der Waals surface area (Å²) in [6, 6.07) is 8.67. The van der Waals surface area contributed by atoms with Crippen LogP contribution in [0, 0.1) is 0 Å². The Hall–Kier alpha value is -1.22. The normalized spacial score (nSPS) is 20.5. The number of rotatable bonds is 4. The maximum Gasteiger partial charge on any atom is 0.318 e. The average molecular weight is 321 g/mol. The van der Waals surface area contributed by atoms with Crippen molar-refractivity contribution in [3.8, 4) is 0 Å². The maximum absolute atomic E-state index is 12.8. The molecule has 1 unspecified atom stereocenters. The second-order valence-corrected chi connectivity index (χ2v) is 7.03. The summed E-state index contributed by atoms with van der Waals surface area (Å²) >= 11 is 6.33.